The van der Waals surface area contributed by atoms with Crippen molar-refractivity contribution in [1.29, 1.82) is 0 Å². The third kappa shape index (κ3) is 41.1. The second kappa shape index (κ2) is 46.4. The Bertz CT molecular complexity index is 919. The average molecular weight is 818 g/mol. The summed E-state index contributed by atoms with van der Waals surface area (Å²) < 4.78 is 5.91. The van der Waals surface area contributed by atoms with Crippen LogP contribution in [0.3, 0.4) is 0 Å². The zero-order valence-electron chi connectivity index (χ0n) is 38.9. The van der Waals surface area contributed by atoms with Crippen molar-refractivity contribution in [2.45, 2.75) is 289 Å². The highest BCUT2D eigenvalue weighted by atomic mass is 16.5. The Hall–Kier alpha value is -1.66. The van der Waals surface area contributed by atoms with Crippen LogP contribution in [0.25, 0.3) is 0 Å². The molecule has 0 bridgehead atoms. The normalized spacial score (nSPS) is 13.4. The van der Waals surface area contributed by atoms with Gasteiger partial charge in [-0.3, -0.25) is 9.59 Å². The fourth-order valence-electron chi connectivity index (χ4n) is 7.89. The van der Waals surface area contributed by atoms with E-state index >= 15 is 0 Å². The molecule has 6 heteroatoms. The van der Waals surface area contributed by atoms with Crippen LogP contribution in [0.4, 0.5) is 0 Å². The second-order valence-electron chi connectivity index (χ2n) is 17.6. The molecular formula is C52H99NO5. The molecule has 0 aliphatic heterocycles. The third-order valence-corrected chi connectivity index (χ3v) is 11.8. The molecule has 0 aromatic heterocycles. The maximum Gasteiger partial charge on any atom is 0.306 e. The number of carbonyl (C=O) groups is 2. The van der Waals surface area contributed by atoms with Crippen molar-refractivity contribution < 1.29 is 24.5 Å². The lowest BCUT2D eigenvalue weighted by atomic mass is 10.0. The Morgan fingerprint density at radius 2 is 0.862 bits per heavy atom. The van der Waals surface area contributed by atoms with Gasteiger partial charge in [-0.25, -0.2) is 0 Å². The van der Waals surface area contributed by atoms with Gasteiger partial charge in [0.25, 0.3) is 0 Å². The van der Waals surface area contributed by atoms with Gasteiger partial charge in [0.05, 0.1) is 25.2 Å². The molecule has 3 unspecified atom stereocenters. The van der Waals surface area contributed by atoms with Crippen molar-refractivity contribution in [3.63, 3.8) is 0 Å². The average Bonchev–Trinajstić information content (AvgIpc) is 3.22. The molecule has 0 aromatic rings. The summed E-state index contributed by atoms with van der Waals surface area (Å²) in [5.41, 5.74) is 0. The first-order valence-corrected chi connectivity index (χ1v) is 25.6. The minimum Gasteiger partial charge on any atom is -0.462 e. The monoisotopic (exact) mass is 818 g/mol. The van der Waals surface area contributed by atoms with Gasteiger partial charge in [0.2, 0.25) is 5.91 Å². The quantitative estimate of drug-likeness (QED) is 0.0323. The SMILES string of the molecule is CCCCC/C=C/C=C/CCCCCCCCC(=O)OC(CCCCCCCCCCC)CC(=O)NC(CO)C(O)CCCCCCCCCCCCCCCCC. The Balaban J connectivity index is 4.45. The lowest BCUT2D eigenvalue weighted by Gasteiger charge is -2.24. The Labute approximate surface area is 361 Å². The molecule has 0 aliphatic carbocycles. The predicted molar refractivity (Wildman–Crippen MR) is 250 cm³/mol. The summed E-state index contributed by atoms with van der Waals surface area (Å²) in [4.78, 5) is 26.0. The van der Waals surface area contributed by atoms with Crippen LogP contribution >= 0.6 is 0 Å². The fourth-order valence-corrected chi connectivity index (χ4v) is 7.89. The predicted octanol–water partition coefficient (Wildman–Crippen LogP) is 15.1. The largest absolute Gasteiger partial charge is 0.462 e. The van der Waals surface area contributed by atoms with E-state index < -0.39 is 18.2 Å². The summed E-state index contributed by atoms with van der Waals surface area (Å²) in [6.07, 6.45) is 52.4. The number of unbranched alkanes of at least 4 members (excludes halogenated alkanes) is 31. The van der Waals surface area contributed by atoms with Gasteiger partial charge in [-0.2, -0.15) is 0 Å². The van der Waals surface area contributed by atoms with Crippen LogP contribution in [0.2, 0.25) is 0 Å². The Kier molecular flexibility index (Phi) is 45.1. The van der Waals surface area contributed by atoms with E-state index in [0.29, 0.717) is 19.3 Å². The minimum absolute atomic E-state index is 0.0774. The number of esters is 1. The van der Waals surface area contributed by atoms with Crippen LogP contribution < -0.4 is 5.32 Å². The summed E-state index contributed by atoms with van der Waals surface area (Å²) in [5.74, 6) is -0.477. The summed E-state index contributed by atoms with van der Waals surface area (Å²) >= 11 is 0. The van der Waals surface area contributed by atoms with Crippen LogP contribution in [-0.2, 0) is 14.3 Å². The first-order valence-electron chi connectivity index (χ1n) is 25.6. The van der Waals surface area contributed by atoms with Gasteiger partial charge >= 0.3 is 5.97 Å². The van der Waals surface area contributed by atoms with E-state index in [-0.39, 0.29) is 24.9 Å². The molecule has 58 heavy (non-hydrogen) atoms. The number of hydrogen-bond donors (Lipinski definition) is 3. The number of aliphatic hydroxyl groups excluding tert-OH is 2. The smallest absolute Gasteiger partial charge is 0.306 e. The third-order valence-electron chi connectivity index (χ3n) is 11.8. The molecule has 0 saturated heterocycles. The van der Waals surface area contributed by atoms with E-state index in [1.165, 1.54) is 173 Å². The number of hydrogen-bond acceptors (Lipinski definition) is 5. The highest BCUT2D eigenvalue weighted by Crippen LogP contribution is 2.18. The molecular weight excluding hydrogens is 719 g/mol. The lowest BCUT2D eigenvalue weighted by Crippen LogP contribution is -2.46. The van der Waals surface area contributed by atoms with Crippen molar-refractivity contribution in [2.24, 2.45) is 0 Å². The van der Waals surface area contributed by atoms with Crippen molar-refractivity contribution in [1.82, 2.24) is 5.32 Å². The Morgan fingerprint density at radius 3 is 1.31 bits per heavy atom. The summed E-state index contributed by atoms with van der Waals surface area (Å²) in [7, 11) is 0. The molecule has 0 aromatic carbocycles. The van der Waals surface area contributed by atoms with E-state index in [1.54, 1.807) is 0 Å². The first-order chi connectivity index (χ1) is 28.5. The molecule has 3 atom stereocenters. The Morgan fingerprint density at radius 1 is 0.500 bits per heavy atom. The molecule has 0 aliphatic rings. The van der Waals surface area contributed by atoms with Gasteiger partial charge in [0, 0.05) is 6.42 Å². The number of amides is 1. The highest BCUT2D eigenvalue weighted by molar-refractivity contribution is 5.77. The van der Waals surface area contributed by atoms with Gasteiger partial charge in [0.15, 0.2) is 0 Å². The first kappa shape index (κ1) is 56.3. The van der Waals surface area contributed by atoms with E-state index in [1.807, 2.05) is 0 Å². The van der Waals surface area contributed by atoms with Crippen molar-refractivity contribution in [3.8, 4) is 0 Å². The number of carbonyl (C=O) groups excluding carboxylic acids is 2. The van der Waals surface area contributed by atoms with E-state index in [2.05, 4.69) is 50.4 Å². The molecule has 0 radical (unpaired) electrons. The van der Waals surface area contributed by atoms with Gasteiger partial charge < -0.3 is 20.3 Å². The van der Waals surface area contributed by atoms with Gasteiger partial charge in [-0.15, -0.1) is 0 Å². The summed E-state index contributed by atoms with van der Waals surface area (Å²) in [5, 5.41) is 23.7. The van der Waals surface area contributed by atoms with Crippen molar-refractivity contribution >= 4 is 11.9 Å². The molecule has 6 nitrogen and oxygen atoms in total. The highest BCUT2D eigenvalue weighted by Gasteiger charge is 2.24. The maximum atomic E-state index is 13.2. The number of nitrogens with one attached hydrogen (secondary N) is 1. The lowest BCUT2D eigenvalue weighted by molar-refractivity contribution is -0.151. The molecule has 342 valence electrons. The molecule has 0 fully saturated rings. The number of aliphatic hydroxyl groups is 2. The molecule has 0 saturated carbocycles. The maximum absolute atomic E-state index is 13.2. The summed E-state index contributed by atoms with van der Waals surface area (Å²) in [6, 6.07) is -0.698. The van der Waals surface area contributed by atoms with Crippen molar-refractivity contribution in [3.05, 3.63) is 24.3 Å². The van der Waals surface area contributed by atoms with Gasteiger partial charge in [-0.05, 0) is 51.4 Å². The van der Waals surface area contributed by atoms with Crippen LogP contribution in [0.1, 0.15) is 271 Å². The number of ether oxygens (including phenoxy) is 1. The van der Waals surface area contributed by atoms with Crippen LogP contribution in [0.15, 0.2) is 24.3 Å². The second-order valence-corrected chi connectivity index (χ2v) is 17.6. The summed E-state index contributed by atoms with van der Waals surface area (Å²) in [6.45, 7) is 6.45. The molecule has 0 heterocycles. The van der Waals surface area contributed by atoms with Gasteiger partial charge in [0.1, 0.15) is 6.10 Å². The van der Waals surface area contributed by atoms with E-state index in [9.17, 15) is 19.8 Å². The van der Waals surface area contributed by atoms with Crippen LogP contribution in [-0.4, -0.2) is 46.9 Å². The zero-order chi connectivity index (χ0) is 42.4. The van der Waals surface area contributed by atoms with Crippen molar-refractivity contribution in [2.75, 3.05) is 6.61 Å². The van der Waals surface area contributed by atoms with Crippen LogP contribution in [0.5, 0.6) is 0 Å². The topological polar surface area (TPSA) is 95.9 Å². The molecule has 0 spiro atoms. The molecule has 3 N–H and O–H groups in total. The van der Waals surface area contributed by atoms with E-state index in [4.69, 9.17) is 4.74 Å². The van der Waals surface area contributed by atoms with Crippen LogP contribution in [0, 0.1) is 0 Å². The van der Waals surface area contributed by atoms with E-state index in [0.717, 1.165) is 51.4 Å². The van der Waals surface area contributed by atoms with Gasteiger partial charge in [-0.1, -0.05) is 231 Å². The molecule has 0 rings (SSSR count). The minimum atomic E-state index is -0.784. The number of allylic oxidation sites excluding steroid dienone is 4. The fraction of sp³-hybridized carbons (Fsp3) is 0.885. The zero-order valence-corrected chi connectivity index (χ0v) is 38.9. The standard InChI is InChI=1S/C52H99NO5/c1-4-7-10-13-16-19-21-23-25-27-29-32-35-38-41-44-50(55)49(47-54)53-51(56)46-48(43-40-37-34-31-18-15-12-9-6-3)58-52(57)45-42-39-36-33-30-28-26-24-22-20-17-14-11-8-5-2/h17,20,22,24,48-50,54-55H,4-16,18-19,21,23,25-47H2,1-3H3,(H,53,56)/b20-17+,24-22+. The number of rotatable bonds is 46. The molecule has 1 amide bonds.